The third-order valence-electron chi connectivity index (χ3n) is 5.24. The summed E-state index contributed by atoms with van der Waals surface area (Å²) >= 11 is 12.9. The monoisotopic (exact) mass is 410 g/mol. The molecule has 0 heterocycles. The molecule has 5 nitrogen and oxygen atoms in total. The lowest BCUT2D eigenvalue weighted by Gasteiger charge is -2.32. The summed E-state index contributed by atoms with van der Waals surface area (Å²) in [7, 11) is 0. The van der Waals surface area contributed by atoms with Gasteiger partial charge in [0.25, 0.3) is 0 Å². The molecule has 0 N–H and O–H groups in total. The molecule has 27 heavy (non-hydrogen) atoms. The van der Waals surface area contributed by atoms with E-state index in [0.717, 1.165) is 36.0 Å². The third-order valence-corrected chi connectivity index (χ3v) is 6.09. The van der Waals surface area contributed by atoms with Crippen LogP contribution in [0.2, 0.25) is 10.0 Å². The van der Waals surface area contributed by atoms with E-state index in [-0.39, 0.29) is 41.0 Å². The van der Waals surface area contributed by atoms with Crippen molar-refractivity contribution in [2.24, 2.45) is 5.41 Å². The smallest absolute Gasteiger partial charge is 0.344 e. The first kappa shape index (κ1) is 19.9. The van der Waals surface area contributed by atoms with E-state index >= 15 is 0 Å². The Balaban J connectivity index is 1.88. The van der Waals surface area contributed by atoms with Crippen LogP contribution < -0.4 is 4.74 Å². The molecule has 0 saturated heterocycles. The second-order valence-electron chi connectivity index (χ2n) is 7.02. The van der Waals surface area contributed by atoms with Gasteiger partial charge in [0.1, 0.15) is 17.4 Å². The number of halogens is 2. The maximum absolute atomic E-state index is 12.0. The Hall–Kier alpha value is -1.85. The summed E-state index contributed by atoms with van der Waals surface area (Å²) in [5, 5.41) is 0.526. The Labute approximate surface area is 167 Å². The van der Waals surface area contributed by atoms with Crippen LogP contribution in [-0.2, 0) is 25.5 Å². The van der Waals surface area contributed by atoms with E-state index in [9.17, 15) is 14.4 Å². The first-order valence-electron chi connectivity index (χ1n) is 8.81. The lowest BCUT2D eigenvalue weighted by Crippen LogP contribution is -2.24. The summed E-state index contributed by atoms with van der Waals surface area (Å²) in [6.45, 7) is 2.77. The molecule has 1 atom stereocenters. The average Bonchev–Trinajstić information content (AvgIpc) is 2.95. The van der Waals surface area contributed by atoms with Crippen molar-refractivity contribution in [3.63, 3.8) is 0 Å². The fourth-order valence-electron chi connectivity index (χ4n) is 3.81. The molecule has 1 aromatic carbocycles. The fraction of sp³-hybridized carbons (Fsp3) is 0.450. The number of hydrogen-bond donors (Lipinski definition) is 0. The highest BCUT2D eigenvalue weighted by Crippen LogP contribution is 2.57. The zero-order valence-corrected chi connectivity index (χ0v) is 16.7. The average molecular weight is 411 g/mol. The Morgan fingerprint density at radius 3 is 2.63 bits per heavy atom. The van der Waals surface area contributed by atoms with Crippen molar-refractivity contribution in [2.45, 2.75) is 39.5 Å². The van der Waals surface area contributed by atoms with Crippen LogP contribution in [0, 0.1) is 5.41 Å². The number of Topliss-reactive ketones (excluding diaryl/α,β-unsaturated/α-hetero) is 1. The van der Waals surface area contributed by atoms with Crippen molar-refractivity contribution in [3.8, 4) is 5.75 Å². The number of rotatable bonds is 6. The zero-order chi connectivity index (χ0) is 19.8. The molecule has 0 spiro atoms. The maximum atomic E-state index is 12.0. The van der Waals surface area contributed by atoms with Gasteiger partial charge in [-0.25, -0.2) is 4.79 Å². The fourth-order valence-corrected chi connectivity index (χ4v) is 4.33. The van der Waals surface area contributed by atoms with Gasteiger partial charge in [0, 0.05) is 17.4 Å². The molecule has 2 aliphatic rings. The van der Waals surface area contributed by atoms with E-state index < -0.39 is 5.97 Å². The number of ether oxygens (including phenoxy) is 2. The highest BCUT2D eigenvalue weighted by Gasteiger charge is 2.44. The molecule has 3 rings (SSSR count). The topological polar surface area (TPSA) is 69.7 Å². The van der Waals surface area contributed by atoms with Crippen molar-refractivity contribution in [3.05, 3.63) is 33.3 Å². The largest absolute Gasteiger partial charge is 0.480 e. The van der Waals surface area contributed by atoms with Crippen molar-refractivity contribution in [2.75, 3.05) is 13.2 Å². The van der Waals surface area contributed by atoms with E-state index in [1.165, 1.54) is 6.92 Å². The Morgan fingerprint density at radius 2 is 1.96 bits per heavy atom. The number of fused-ring (bicyclic) bond motifs is 3. The predicted octanol–water partition coefficient (Wildman–Crippen LogP) is 4.20. The van der Waals surface area contributed by atoms with E-state index in [4.69, 9.17) is 32.7 Å². The first-order valence-corrected chi connectivity index (χ1v) is 9.57. The molecule has 0 radical (unpaired) electrons. The Bertz CT molecular complexity index is 858. The number of carbonyl (C=O) groups is 3. The number of hydrogen-bond acceptors (Lipinski definition) is 5. The predicted molar refractivity (Wildman–Crippen MR) is 102 cm³/mol. The molecule has 0 fully saturated rings. The van der Waals surface area contributed by atoms with E-state index in [1.807, 2.05) is 0 Å². The minimum Gasteiger partial charge on any atom is -0.480 e. The number of allylic oxidation sites excluding steroid dienone is 2. The normalized spacial score (nSPS) is 20.6. The van der Waals surface area contributed by atoms with Crippen molar-refractivity contribution >= 4 is 46.3 Å². The third kappa shape index (κ3) is 3.76. The molecule has 0 aromatic heterocycles. The van der Waals surface area contributed by atoms with E-state index in [1.54, 1.807) is 12.1 Å². The number of ketones is 2. The van der Waals surface area contributed by atoms with Crippen LogP contribution in [0.5, 0.6) is 5.75 Å². The molecule has 7 heteroatoms. The van der Waals surface area contributed by atoms with Crippen molar-refractivity contribution in [1.82, 2.24) is 0 Å². The lowest BCUT2D eigenvalue weighted by molar-refractivity contribution is -0.149. The molecule has 0 amide bonds. The summed E-state index contributed by atoms with van der Waals surface area (Å²) in [5.41, 5.74) is 2.61. The second kappa shape index (κ2) is 7.64. The van der Waals surface area contributed by atoms with Gasteiger partial charge in [-0.1, -0.05) is 30.1 Å². The molecule has 0 aliphatic heterocycles. The van der Waals surface area contributed by atoms with Crippen LogP contribution in [0.4, 0.5) is 0 Å². The first-order chi connectivity index (χ1) is 12.8. The second-order valence-corrected chi connectivity index (χ2v) is 7.78. The molecule has 144 valence electrons. The minimum absolute atomic E-state index is 0.0997. The van der Waals surface area contributed by atoms with Crippen LogP contribution in [-0.4, -0.2) is 30.7 Å². The van der Waals surface area contributed by atoms with Gasteiger partial charge in [0.05, 0.1) is 5.02 Å². The highest BCUT2D eigenvalue weighted by molar-refractivity contribution is 6.44. The van der Waals surface area contributed by atoms with Gasteiger partial charge in [-0.15, -0.1) is 0 Å². The van der Waals surface area contributed by atoms with Gasteiger partial charge in [-0.2, -0.15) is 0 Å². The van der Waals surface area contributed by atoms with Gasteiger partial charge in [0.15, 0.2) is 18.2 Å². The van der Waals surface area contributed by atoms with Crippen LogP contribution >= 0.6 is 23.2 Å². The Morgan fingerprint density at radius 1 is 1.22 bits per heavy atom. The zero-order valence-electron chi connectivity index (χ0n) is 15.2. The van der Waals surface area contributed by atoms with E-state index in [2.05, 4.69) is 6.92 Å². The molecule has 0 bridgehead atoms. The standard InChI is InChI=1S/C20H20Cl2O5/c1-3-20-5-4-13(24)7-14(20)17-12(8-20)6-15(18(21)19(17)22)26-10-16(25)27-9-11(2)23/h6-7H,3-5,8-10H2,1-2H3. The molecule has 1 aromatic rings. The SMILES string of the molecule is CCC12CCC(=O)C=C1c1c(cc(OCC(=O)OCC(C)=O)c(Cl)c1Cl)C2. The van der Waals surface area contributed by atoms with Crippen molar-refractivity contribution < 1.29 is 23.9 Å². The minimum atomic E-state index is -0.662. The Kier molecular flexibility index (Phi) is 5.63. The van der Waals surface area contributed by atoms with Crippen molar-refractivity contribution in [1.29, 1.82) is 0 Å². The number of carbonyl (C=O) groups excluding carboxylic acids is 3. The molecular weight excluding hydrogens is 391 g/mol. The lowest BCUT2D eigenvalue weighted by atomic mass is 9.71. The maximum Gasteiger partial charge on any atom is 0.344 e. The highest BCUT2D eigenvalue weighted by atomic mass is 35.5. The summed E-state index contributed by atoms with van der Waals surface area (Å²) in [5.74, 6) is -0.526. The summed E-state index contributed by atoms with van der Waals surface area (Å²) < 4.78 is 10.3. The number of esters is 1. The summed E-state index contributed by atoms with van der Waals surface area (Å²) in [6, 6.07) is 1.78. The van der Waals surface area contributed by atoms with Gasteiger partial charge >= 0.3 is 5.97 Å². The molecule has 0 saturated carbocycles. The van der Waals surface area contributed by atoms with Gasteiger partial charge in [-0.3, -0.25) is 9.59 Å². The number of benzene rings is 1. The molecule has 2 aliphatic carbocycles. The van der Waals surface area contributed by atoms with Crippen LogP contribution in [0.15, 0.2) is 12.1 Å². The molecular formula is C20H20Cl2O5. The van der Waals surface area contributed by atoms with Crippen LogP contribution in [0.25, 0.3) is 5.57 Å². The summed E-state index contributed by atoms with van der Waals surface area (Å²) in [6.07, 6.45) is 4.65. The van der Waals surface area contributed by atoms with Gasteiger partial charge in [0.2, 0.25) is 0 Å². The van der Waals surface area contributed by atoms with Crippen LogP contribution in [0.1, 0.15) is 44.2 Å². The van der Waals surface area contributed by atoms with Gasteiger partial charge in [-0.05, 0) is 49.5 Å². The molecule has 1 unspecified atom stereocenters. The van der Waals surface area contributed by atoms with Gasteiger partial charge < -0.3 is 9.47 Å². The summed E-state index contributed by atoms with van der Waals surface area (Å²) in [4.78, 5) is 34.5. The van der Waals surface area contributed by atoms with Crippen LogP contribution in [0.3, 0.4) is 0 Å². The quantitative estimate of drug-likeness (QED) is 0.657. The van der Waals surface area contributed by atoms with E-state index in [0.29, 0.717) is 11.4 Å².